The van der Waals surface area contributed by atoms with E-state index < -0.39 is 24.1 Å². The highest BCUT2D eigenvalue weighted by atomic mass is 16.6. The maximum atomic E-state index is 13.7. The lowest BCUT2D eigenvalue weighted by Crippen LogP contribution is -2.57. The summed E-state index contributed by atoms with van der Waals surface area (Å²) in [5.41, 5.74) is 0.639. The number of hydrogen-bond acceptors (Lipinski definition) is 8. The zero-order valence-electron chi connectivity index (χ0n) is 28.1. The third-order valence-corrected chi connectivity index (χ3v) is 9.46. The van der Waals surface area contributed by atoms with Crippen molar-refractivity contribution in [3.8, 4) is 11.6 Å². The summed E-state index contributed by atoms with van der Waals surface area (Å²) in [5.74, 6) is -1.23. The molecule has 0 radical (unpaired) electrons. The molecule has 3 fully saturated rings. The number of rotatable bonds is 12. The minimum Gasteiger partial charge on any atom is -0.467 e. The third kappa shape index (κ3) is 8.08. The number of piperazine rings is 1. The van der Waals surface area contributed by atoms with Crippen LogP contribution in [0.4, 0.5) is 4.79 Å². The summed E-state index contributed by atoms with van der Waals surface area (Å²) in [5, 5.41) is 10.5. The van der Waals surface area contributed by atoms with Crippen LogP contribution in [0.25, 0.3) is 5.69 Å². The van der Waals surface area contributed by atoms with Gasteiger partial charge in [0.2, 0.25) is 17.7 Å². The fraction of sp³-hybridized carbons (Fsp3) is 0.588. The molecule has 0 bridgehead atoms. The van der Waals surface area contributed by atoms with Gasteiger partial charge in [-0.15, -0.1) is 0 Å². The first-order valence-corrected chi connectivity index (χ1v) is 17.1. The second-order valence-corrected chi connectivity index (χ2v) is 12.6. The number of ether oxygens (including phenoxy) is 2. The van der Waals surface area contributed by atoms with E-state index in [2.05, 4.69) is 15.7 Å². The SMILES string of the molecule is CCOC(=O)N1CCN(C(=O)[C@@H](NC(=O)c2cc(OCC(=O)N3CCC[C@H]3C(=O)NC3CCC3)n(-c3ccccc3)n2)[C@@H](C)CC)CC1. The van der Waals surface area contributed by atoms with E-state index in [0.29, 0.717) is 51.3 Å². The molecule has 5 rings (SSSR count). The van der Waals surface area contributed by atoms with Gasteiger partial charge >= 0.3 is 6.09 Å². The molecule has 1 aliphatic carbocycles. The number of benzene rings is 1. The average molecular weight is 666 g/mol. The summed E-state index contributed by atoms with van der Waals surface area (Å²) in [6, 6.07) is 9.39. The van der Waals surface area contributed by atoms with Gasteiger partial charge in [-0.1, -0.05) is 38.5 Å². The van der Waals surface area contributed by atoms with Gasteiger partial charge in [-0.2, -0.15) is 5.10 Å². The first-order chi connectivity index (χ1) is 23.2. The maximum absolute atomic E-state index is 13.7. The molecule has 2 aliphatic heterocycles. The first kappa shape index (κ1) is 34.7. The van der Waals surface area contributed by atoms with Crippen LogP contribution in [0.3, 0.4) is 0 Å². The fourth-order valence-electron chi connectivity index (χ4n) is 6.16. The summed E-state index contributed by atoms with van der Waals surface area (Å²) in [6.07, 6.45) is 4.62. The Morgan fingerprint density at radius 2 is 1.65 bits per heavy atom. The van der Waals surface area contributed by atoms with Crippen LogP contribution in [0, 0.1) is 5.92 Å². The maximum Gasteiger partial charge on any atom is 0.409 e. The van der Waals surface area contributed by atoms with Crippen molar-refractivity contribution in [3.63, 3.8) is 0 Å². The quantitative estimate of drug-likeness (QED) is 0.350. The van der Waals surface area contributed by atoms with E-state index in [9.17, 15) is 24.0 Å². The van der Waals surface area contributed by atoms with Crippen LogP contribution in [0.15, 0.2) is 36.4 Å². The van der Waals surface area contributed by atoms with Crippen molar-refractivity contribution in [1.29, 1.82) is 0 Å². The molecule has 3 atom stereocenters. The van der Waals surface area contributed by atoms with Gasteiger partial charge in [0.25, 0.3) is 11.8 Å². The van der Waals surface area contributed by atoms with Crippen LogP contribution in [-0.4, -0.2) is 118 Å². The van der Waals surface area contributed by atoms with Gasteiger partial charge in [0.1, 0.15) is 12.1 Å². The molecule has 2 saturated heterocycles. The molecule has 3 aliphatic rings. The zero-order valence-corrected chi connectivity index (χ0v) is 28.1. The second kappa shape index (κ2) is 16.0. The highest BCUT2D eigenvalue weighted by Gasteiger charge is 2.37. The van der Waals surface area contributed by atoms with E-state index in [4.69, 9.17) is 9.47 Å². The van der Waals surface area contributed by atoms with Gasteiger partial charge in [0.05, 0.1) is 12.3 Å². The predicted molar refractivity (Wildman–Crippen MR) is 175 cm³/mol. The van der Waals surface area contributed by atoms with Gasteiger partial charge in [-0.05, 0) is 57.1 Å². The molecule has 1 aromatic heterocycles. The molecule has 260 valence electrons. The molecule has 2 N–H and O–H groups in total. The molecule has 14 heteroatoms. The molecular weight excluding hydrogens is 618 g/mol. The smallest absolute Gasteiger partial charge is 0.409 e. The van der Waals surface area contributed by atoms with Crippen molar-refractivity contribution in [3.05, 3.63) is 42.1 Å². The minimum atomic E-state index is -0.817. The number of carbonyl (C=O) groups is 5. The minimum absolute atomic E-state index is 0.0217. The average Bonchev–Trinajstić information content (AvgIpc) is 3.76. The van der Waals surface area contributed by atoms with Gasteiger partial charge < -0.3 is 34.8 Å². The van der Waals surface area contributed by atoms with Crippen LogP contribution in [0.1, 0.15) is 69.8 Å². The van der Waals surface area contributed by atoms with E-state index in [1.807, 2.05) is 32.0 Å². The van der Waals surface area contributed by atoms with Crippen molar-refractivity contribution in [2.24, 2.45) is 5.92 Å². The van der Waals surface area contributed by atoms with Gasteiger partial charge in [-0.3, -0.25) is 19.2 Å². The molecule has 0 spiro atoms. The summed E-state index contributed by atoms with van der Waals surface area (Å²) in [6.45, 7) is 7.36. The topological polar surface area (TPSA) is 155 Å². The predicted octanol–water partition coefficient (Wildman–Crippen LogP) is 2.36. The Balaban J connectivity index is 1.27. The van der Waals surface area contributed by atoms with Crippen LogP contribution < -0.4 is 15.4 Å². The molecule has 1 aromatic carbocycles. The lowest BCUT2D eigenvalue weighted by Gasteiger charge is -2.37. The van der Waals surface area contributed by atoms with E-state index in [-0.39, 0.29) is 54.5 Å². The molecule has 1 saturated carbocycles. The monoisotopic (exact) mass is 665 g/mol. The molecule has 2 aromatic rings. The number of aromatic nitrogens is 2. The molecule has 0 unspecified atom stereocenters. The summed E-state index contributed by atoms with van der Waals surface area (Å²) in [4.78, 5) is 70.4. The Hall–Kier alpha value is -4.62. The van der Waals surface area contributed by atoms with E-state index in [1.165, 1.54) is 10.7 Å². The number of nitrogens with zero attached hydrogens (tertiary/aromatic N) is 5. The van der Waals surface area contributed by atoms with Crippen molar-refractivity contribution in [2.75, 3.05) is 45.9 Å². The van der Waals surface area contributed by atoms with Crippen molar-refractivity contribution in [2.45, 2.75) is 77.4 Å². The van der Waals surface area contributed by atoms with Gasteiger partial charge in [0, 0.05) is 44.8 Å². The van der Waals surface area contributed by atoms with Crippen molar-refractivity contribution >= 4 is 29.7 Å². The Morgan fingerprint density at radius 3 is 2.29 bits per heavy atom. The Labute approximate surface area is 281 Å². The molecule has 14 nitrogen and oxygen atoms in total. The van der Waals surface area contributed by atoms with Crippen molar-refractivity contribution in [1.82, 2.24) is 35.1 Å². The summed E-state index contributed by atoms with van der Waals surface area (Å²) >= 11 is 0. The highest BCUT2D eigenvalue weighted by Crippen LogP contribution is 2.24. The molecule has 48 heavy (non-hydrogen) atoms. The Bertz CT molecular complexity index is 1450. The van der Waals surface area contributed by atoms with E-state index in [0.717, 1.165) is 25.7 Å². The van der Waals surface area contributed by atoms with Crippen LogP contribution in [-0.2, 0) is 19.1 Å². The third-order valence-electron chi connectivity index (χ3n) is 9.46. The second-order valence-electron chi connectivity index (χ2n) is 12.6. The number of para-hydroxylation sites is 1. The number of nitrogens with one attached hydrogen (secondary N) is 2. The fourth-order valence-corrected chi connectivity index (χ4v) is 6.16. The van der Waals surface area contributed by atoms with Crippen LogP contribution in [0.2, 0.25) is 0 Å². The first-order valence-electron chi connectivity index (χ1n) is 17.1. The largest absolute Gasteiger partial charge is 0.467 e. The van der Waals surface area contributed by atoms with Crippen LogP contribution >= 0.6 is 0 Å². The number of carbonyl (C=O) groups excluding carboxylic acids is 5. The number of likely N-dealkylation sites (tertiary alicyclic amines) is 1. The zero-order chi connectivity index (χ0) is 34.2. The molecular formula is C34H47N7O7. The highest BCUT2D eigenvalue weighted by molar-refractivity contribution is 5.96. The van der Waals surface area contributed by atoms with Crippen LogP contribution in [0.5, 0.6) is 5.88 Å². The number of amides is 5. The lowest BCUT2D eigenvalue weighted by atomic mass is 9.93. The normalized spacial score (nSPS) is 19.2. The Kier molecular flexibility index (Phi) is 11.6. The Morgan fingerprint density at radius 1 is 0.938 bits per heavy atom. The van der Waals surface area contributed by atoms with Crippen molar-refractivity contribution < 1.29 is 33.4 Å². The molecule has 3 heterocycles. The lowest BCUT2D eigenvalue weighted by molar-refractivity contribution is -0.140. The standard InChI is InChI=1S/C34H47N7O7/c1-4-23(3)30(33(45)38-17-19-39(20-18-38)34(46)47-5-2)36-31(43)26-21-29(41(37-26)25-13-7-6-8-14-25)48-22-28(42)40-16-10-15-27(40)32(44)35-24-11-9-12-24/h6-8,13-14,21,23-24,27,30H,4-5,9-12,15-20,22H2,1-3H3,(H,35,44)(H,36,43)/t23-,27-,30-/m0/s1. The van der Waals surface area contributed by atoms with E-state index in [1.54, 1.807) is 33.8 Å². The van der Waals surface area contributed by atoms with E-state index >= 15 is 0 Å². The van der Waals surface area contributed by atoms with Gasteiger partial charge in [-0.25, -0.2) is 9.48 Å². The number of hydrogen-bond donors (Lipinski definition) is 2. The summed E-state index contributed by atoms with van der Waals surface area (Å²) in [7, 11) is 0. The molecule has 5 amide bonds. The van der Waals surface area contributed by atoms with Gasteiger partial charge in [0.15, 0.2) is 12.3 Å². The summed E-state index contributed by atoms with van der Waals surface area (Å²) < 4.78 is 12.5.